The quantitative estimate of drug-likeness (QED) is 0.468. The number of benzene rings is 2. The third-order valence-corrected chi connectivity index (χ3v) is 7.83. The molecule has 34 heavy (non-hydrogen) atoms. The van der Waals surface area contributed by atoms with E-state index in [1.807, 2.05) is 0 Å². The first-order valence-corrected chi connectivity index (χ1v) is 13.0. The van der Waals surface area contributed by atoms with E-state index in [-0.39, 0.29) is 26.2 Å². The molecule has 11 heteroatoms. The van der Waals surface area contributed by atoms with Crippen LogP contribution in [0.5, 0.6) is 0 Å². The molecule has 0 atom stereocenters. The summed E-state index contributed by atoms with van der Waals surface area (Å²) in [5.41, 5.74) is 0.749. The fourth-order valence-corrected chi connectivity index (χ4v) is 5.43. The number of nitrogens with one attached hydrogen (secondary N) is 1. The summed E-state index contributed by atoms with van der Waals surface area (Å²) in [5.74, 6) is -0.507. The molecule has 1 saturated heterocycles. The molecule has 1 aliphatic rings. The Balaban J connectivity index is 1.64. The molecule has 8 nitrogen and oxygen atoms in total. The molecule has 4 rings (SSSR count). The fourth-order valence-electron chi connectivity index (χ4n) is 3.99. The van der Waals surface area contributed by atoms with Crippen LogP contribution in [0.4, 0.5) is 11.5 Å². The van der Waals surface area contributed by atoms with Crippen molar-refractivity contribution in [1.29, 1.82) is 0 Å². The number of nitrogens with zero attached hydrogens (tertiary/aromatic N) is 3. The predicted octanol–water partition coefficient (Wildman–Crippen LogP) is 4.57. The maximum atomic E-state index is 12.8. The van der Waals surface area contributed by atoms with E-state index in [0.717, 1.165) is 39.1 Å². The molecule has 180 valence electrons. The normalized spacial score (nSPS) is 15.0. The minimum atomic E-state index is -3.96. The van der Waals surface area contributed by atoms with Gasteiger partial charge in [0, 0.05) is 37.3 Å². The number of anilines is 2. The van der Waals surface area contributed by atoms with Gasteiger partial charge in [-0.25, -0.2) is 18.2 Å². The first kappa shape index (κ1) is 24.5. The SMILES string of the molecule is CCCN1CCN(c2cc(C(=O)O)c3cc(NS(=O)(=O)c4ccc(Cl)c(Cl)c4)ccc3n2)CC1. The van der Waals surface area contributed by atoms with Crippen LogP contribution in [0, 0.1) is 0 Å². The second-order valence-corrected chi connectivity index (χ2v) is 10.6. The third kappa shape index (κ3) is 5.22. The lowest BCUT2D eigenvalue weighted by molar-refractivity contribution is 0.0699. The lowest BCUT2D eigenvalue weighted by Crippen LogP contribution is -2.46. The first-order chi connectivity index (χ1) is 16.2. The van der Waals surface area contributed by atoms with Crippen LogP contribution >= 0.6 is 23.2 Å². The van der Waals surface area contributed by atoms with Gasteiger partial charge >= 0.3 is 5.97 Å². The largest absolute Gasteiger partial charge is 0.478 e. The molecule has 1 aromatic heterocycles. The number of fused-ring (bicyclic) bond motifs is 1. The van der Waals surface area contributed by atoms with E-state index >= 15 is 0 Å². The zero-order valence-corrected chi connectivity index (χ0v) is 20.8. The highest BCUT2D eigenvalue weighted by Gasteiger charge is 2.21. The van der Waals surface area contributed by atoms with Crippen molar-refractivity contribution in [1.82, 2.24) is 9.88 Å². The number of aromatic nitrogens is 1. The van der Waals surface area contributed by atoms with Gasteiger partial charge < -0.3 is 10.0 Å². The number of carbonyl (C=O) groups is 1. The smallest absolute Gasteiger partial charge is 0.336 e. The molecule has 2 N–H and O–H groups in total. The molecule has 3 aromatic rings. The molecular weight excluding hydrogens is 499 g/mol. The molecular formula is C23H24Cl2N4O4S. The number of sulfonamides is 1. The van der Waals surface area contributed by atoms with E-state index < -0.39 is 16.0 Å². The van der Waals surface area contributed by atoms with Crippen LogP contribution in [0.1, 0.15) is 23.7 Å². The lowest BCUT2D eigenvalue weighted by atomic mass is 10.1. The number of piperazine rings is 1. The number of rotatable bonds is 7. The van der Waals surface area contributed by atoms with Crippen LogP contribution in [0.2, 0.25) is 10.0 Å². The average molecular weight is 523 g/mol. The molecule has 1 aliphatic heterocycles. The van der Waals surface area contributed by atoms with Crippen molar-refractivity contribution in [3.05, 3.63) is 58.1 Å². The van der Waals surface area contributed by atoms with Crippen LogP contribution in [0.3, 0.4) is 0 Å². The van der Waals surface area contributed by atoms with Crippen molar-refractivity contribution >= 4 is 61.6 Å². The Labute approximate surface area is 208 Å². The van der Waals surface area contributed by atoms with E-state index in [4.69, 9.17) is 23.2 Å². The summed E-state index contributed by atoms with van der Waals surface area (Å²) in [5, 5.41) is 10.6. The van der Waals surface area contributed by atoms with Crippen molar-refractivity contribution in [3.8, 4) is 0 Å². The highest BCUT2D eigenvalue weighted by Crippen LogP contribution is 2.29. The van der Waals surface area contributed by atoms with Crippen molar-refractivity contribution in [2.24, 2.45) is 0 Å². The summed E-state index contributed by atoms with van der Waals surface area (Å²) in [6, 6.07) is 10.2. The van der Waals surface area contributed by atoms with Gasteiger partial charge in [-0.15, -0.1) is 0 Å². The van der Waals surface area contributed by atoms with Gasteiger partial charge in [-0.2, -0.15) is 0 Å². The Morgan fingerprint density at radius 2 is 1.79 bits per heavy atom. The van der Waals surface area contributed by atoms with E-state index in [2.05, 4.69) is 26.4 Å². The number of carboxylic acids is 1. The van der Waals surface area contributed by atoms with E-state index in [9.17, 15) is 18.3 Å². The average Bonchev–Trinajstić information content (AvgIpc) is 2.80. The number of carboxylic acid groups (broad SMARTS) is 1. The van der Waals surface area contributed by atoms with Gasteiger partial charge in [-0.05, 0) is 55.4 Å². The molecule has 0 aliphatic carbocycles. The summed E-state index contributed by atoms with van der Waals surface area (Å²) in [6.45, 7) is 6.50. The van der Waals surface area contributed by atoms with Crippen molar-refractivity contribution in [2.75, 3.05) is 42.3 Å². The molecule has 0 bridgehead atoms. The van der Waals surface area contributed by atoms with Gasteiger partial charge in [0.1, 0.15) is 5.82 Å². The Hall–Kier alpha value is -2.59. The fraction of sp³-hybridized carbons (Fsp3) is 0.304. The van der Waals surface area contributed by atoms with E-state index in [1.54, 1.807) is 18.2 Å². The zero-order chi connectivity index (χ0) is 24.5. The van der Waals surface area contributed by atoms with Crippen LogP contribution in [-0.2, 0) is 10.0 Å². The standard InChI is InChI=1S/C23H24Cl2N4O4S/c1-2-7-28-8-10-29(11-9-28)22-14-18(23(30)31)17-12-15(3-6-21(17)26-22)27-34(32,33)16-4-5-19(24)20(25)13-16/h3-6,12-14,27H,2,7-11H2,1H3,(H,30,31). The molecule has 0 amide bonds. The van der Waals surface area contributed by atoms with Gasteiger partial charge in [-0.3, -0.25) is 9.62 Å². The minimum Gasteiger partial charge on any atom is -0.478 e. The number of hydrogen-bond acceptors (Lipinski definition) is 6. The van der Waals surface area contributed by atoms with Crippen LogP contribution in [0.15, 0.2) is 47.4 Å². The number of aromatic carboxylic acids is 1. The van der Waals surface area contributed by atoms with Gasteiger partial charge in [0.05, 0.1) is 26.0 Å². The lowest BCUT2D eigenvalue weighted by Gasteiger charge is -2.35. The maximum absolute atomic E-state index is 12.8. The van der Waals surface area contributed by atoms with Crippen LogP contribution in [-0.4, -0.2) is 62.1 Å². The highest BCUT2D eigenvalue weighted by atomic mass is 35.5. The highest BCUT2D eigenvalue weighted by molar-refractivity contribution is 7.92. The van der Waals surface area contributed by atoms with Gasteiger partial charge in [0.25, 0.3) is 10.0 Å². The molecule has 0 radical (unpaired) electrons. The monoisotopic (exact) mass is 522 g/mol. The van der Waals surface area contributed by atoms with Gasteiger partial charge in [-0.1, -0.05) is 30.1 Å². The Kier molecular flexibility index (Phi) is 7.18. The summed E-state index contributed by atoms with van der Waals surface area (Å²) in [7, 11) is -3.96. The summed E-state index contributed by atoms with van der Waals surface area (Å²) >= 11 is 11.8. The zero-order valence-electron chi connectivity index (χ0n) is 18.5. The second-order valence-electron chi connectivity index (χ2n) is 8.08. The summed E-state index contributed by atoms with van der Waals surface area (Å²) < 4.78 is 28.1. The third-order valence-electron chi connectivity index (χ3n) is 5.72. The van der Waals surface area contributed by atoms with Crippen molar-refractivity contribution in [2.45, 2.75) is 18.2 Å². The molecule has 2 heterocycles. The molecule has 2 aromatic carbocycles. The number of pyridine rings is 1. The topological polar surface area (TPSA) is 103 Å². The molecule has 0 spiro atoms. The molecule has 0 saturated carbocycles. The van der Waals surface area contributed by atoms with Gasteiger partial charge in [0.2, 0.25) is 0 Å². The Bertz CT molecular complexity index is 1340. The minimum absolute atomic E-state index is 0.0591. The van der Waals surface area contributed by atoms with E-state index in [0.29, 0.717) is 16.7 Å². The van der Waals surface area contributed by atoms with Crippen LogP contribution < -0.4 is 9.62 Å². The molecule has 1 fully saturated rings. The number of halogens is 2. The van der Waals surface area contributed by atoms with Crippen molar-refractivity contribution < 1.29 is 18.3 Å². The summed E-state index contributed by atoms with van der Waals surface area (Å²) in [4.78, 5) is 21.1. The van der Waals surface area contributed by atoms with Crippen LogP contribution in [0.25, 0.3) is 10.9 Å². The van der Waals surface area contributed by atoms with Gasteiger partial charge in [0.15, 0.2) is 0 Å². The predicted molar refractivity (Wildman–Crippen MR) is 135 cm³/mol. The van der Waals surface area contributed by atoms with Crippen molar-refractivity contribution in [3.63, 3.8) is 0 Å². The Morgan fingerprint density at radius 1 is 1.06 bits per heavy atom. The summed E-state index contributed by atoms with van der Waals surface area (Å²) in [6.07, 6.45) is 1.09. The number of hydrogen-bond donors (Lipinski definition) is 2. The first-order valence-electron chi connectivity index (χ1n) is 10.8. The van der Waals surface area contributed by atoms with E-state index in [1.165, 1.54) is 24.3 Å². The molecule has 0 unspecified atom stereocenters. The Morgan fingerprint density at radius 3 is 2.44 bits per heavy atom. The second kappa shape index (κ2) is 9.95. The maximum Gasteiger partial charge on any atom is 0.336 e.